The van der Waals surface area contributed by atoms with Gasteiger partial charge in [0.15, 0.2) is 0 Å². The van der Waals surface area contributed by atoms with Crippen molar-refractivity contribution in [3.63, 3.8) is 0 Å². The topological polar surface area (TPSA) is 60.9 Å². The highest BCUT2D eigenvalue weighted by Gasteiger charge is 2.19. The molecule has 1 aromatic rings. The molecule has 1 rings (SSSR count). The van der Waals surface area contributed by atoms with Crippen molar-refractivity contribution in [2.24, 2.45) is 0 Å². The Bertz CT molecular complexity index is 444. The van der Waals surface area contributed by atoms with Gasteiger partial charge in [-0.3, -0.25) is 9.69 Å². The first-order valence-corrected chi connectivity index (χ1v) is 5.69. The monoisotopic (exact) mass is 250 g/mol. The fraction of sp³-hybridized carbons (Fsp3) is 0.385. The van der Waals surface area contributed by atoms with Crippen LogP contribution in [0, 0.1) is 6.92 Å². The number of urea groups is 1. The number of aryl methyl sites for hydroxylation is 1. The lowest BCUT2D eigenvalue weighted by molar-refractivity contribution is -0.136. The molecule has 5 nitrogen and oxygen atoms in total. The maximum atomic E-state index is 12.1. The Hall–Kier alpha value is -2.04. The lowest BCUT2D eigenvalue weighted by atomic mass is 10.2. The number of nitrogens with zero attached hydrogens (tertiary/aromatic N) is 2. The van der Waals surface area contributed by atoms with Gasteiger partial charge in [0.25, 0.3) is 0 Å². The SMILES string of the molecule is Cc1ccccc1N(CCC(=O)O)C(=O)N(C)C. The van der Waals surface area contributed by atoms with Gasteiger partial charge in [0.05, 0.1) is 6.42 Å². The van der Waals surface area contributed by atoms with Crippen LogP contribution in [0.1, 0.15) is 12.0 Å². The fourth-order valence-corrected chi connectivity index (χ4v) is 1.63. The van der Waals surface area contributed by atoms with Crippen molar-refractivity contribution in [2.45, 2.75) is 13.3 Å². The van der Waals surface area contributed by atoms with E-state index in [1.165, 1.54) is 9.80 Å². The van der Waals surface area contributed by atoms with Crippen molar-refractivity contribution in [3.8, 4) is 0 Å². The van der Waals surface area contributed by atoms with E-state index < -0.39 is 5.97 Å². The normalized spacial score (nSPS) is 9.94. The molecule has 0 saturated carbocycles. The van der Waals surface area contributed by atoms with Crippen molar-refractivity contribution in [1.82, 2.24) is 4.90 Å². The summed E-state index contributed by atoms with van der Waals surface area (Å²) in [6.07, 6.45) is -0.0755. The predicted molar refractivity (Wildman–Crippen MR) is 69.9 cm³/mol. The summed E-state index contributed by atoms with van der Waals surface area (Å²) in [6, 6.07) is 7.21. The Morgan fingerprint density at radius 1 is 1.22 bits per heavy atom. The zero-order chi connectivity index (χ0) is 13.7. The molecule has 0 heterocycles. The number of amides is 2. The average Bonchev–Trinajstić information content (AvgIpc) is 2.30. The zero-order valence-electron chi connectivity index (χ0n) is 10.9. The summed E-state index contributed by atoms with van der Waals surface area (Å²) in [4.78, 5) is 25.7. The van der Waals surface area contributed by atoms with Crippen LogP contribution in [0.25, 0.3) is 0 Å². The number of hydrogen-bond donors (Lipinski definition) is 1. The molecule has 0 aliphatic rings. The molecule has 0 unspecified atom stereocenters. The first-order valence-electron chi connectivity index (χ1n) is 5.69. The molecule has 0 spiro atoms. The Balaban J connectivity index is 3.00. The molecule has 0 radical (unpaired) electrons. The van der Waals surface area contributed by atoms with Crippen molar-refractivity contribution >= 4 is 17.7 Å². The van der Waals surface area contributed by atoms with Crippen LogP contribution in [0.3, 0.4) is 0 Å². The van der Waals surface area contributed by atoms with E-state index >= 15 is 0 Å². The number of para-hydroxylation sites is 1. The molecule has 0 bridgehead atoms. The zero-order valence-corrected chi connectivity index (χ0v) is 10.9. The number of carboxylic acid groups (broad SMARTS) is 1. The minimum absolute atomic E-state index is 0.0755. The highest BCUT2D eigenvalue weighted by Crippen LogP contribution is 2.20. The summed E-state index contributed by atoms with van der Waals surface area (Å²) >= 11 is 0. The second-order valence-corrected chi connectivity index (χ2v) is 4.26. The van der Waals surface area contributed by atoms with Crippen molar-refractivity contribution in [1.29, 1.82) is 0 Å². The number of carbonyl (C=O) groups is 2. The van der Waals surface area contributed by atoms with E-state index in [4.69, 9.17) is 5.11 Å². The first-order chi connectivity index (χ1) is 8.43. The number of anilines is 1. The van der Waals surface area contributed by atoms with Crippen LogP contribution >= 0.6 is 0 Å². The van der Waals surface area contributed by atoms with Crippen molar-refractivity contribution in [3.05, 3.63) is 29.8 Å². The summed E-state index contributed by atoms with van der Waals surface area (Å²) in [5.74, 6) is -0.917. The lowest BCUT2D eigenvalue weighted by Gasteiger charge is -2.27. The maximum Gasteiger partial charge on any atom is 0.323 e. The Labute approximate surface area is 107 Å². The van der Waals surface area contributed by atoms with Crippen LogP contribution in [0.15, 0.2) is 24.3 Å². The molecule has 0 fully saturated rings. The third-order valence-electron chi connectivity index (χ3n) is 2.57. The van der Waals surface area contributed by atoms with Crippen molar-refractivity contribution < 1.29 is 14.7 Å². The third kappa shape index (κ3) is 3.48. The molecule has 5 heteroatoms. The molecule has 1 N–H and O–H groups in total. The van der Waals surface area contributed by atoms with Gasteiger partial charge in [0.2, 0.25) is 0 Å². The number of carbonyl (C=O) groups excluding carboxylic acids is 1. The second-order valence-electron chi connectivity index (χ2n) is 4.26. The van der Waals surface area contributed by atoms with Crippen LogP contribution in [0.4, 0.5) is 10.5 Å². The summed E-state index contributed by atoms with van der Waals surface area (Å²) in [6.45, 7) is 2.06. The van der Waals surface area contributed by atoms with Gasteiger partial charge in [0.1, 0.15) is 0 Å². The van der Waals surface area contributed by atoms with Gasteiger partial charge in [-0.05, 0) is 18.6 Å². The van der Waals surface area contributed by atoms with E-state index in [1.807, 2.05) is 31.2 Å². The largest absolute Gasteiger partial charge is 0.481 e. The maximum absolute atomic E-state index is 12.1. The number of aliphatic carboxylic acids is 1. The van der Waals surface area contributed by atoms with E-state index in [9.17, 15) is 9.59 Å². The first kappa shape index (κ1) is 14.0. The molecular formula is C13H18N2O3. The summed E-state index contributed by atoms with van der Waals surface area (Å²) in [7, 11) is 3.29. The van der Waals surface area contributed by atoms with Crippen LogP contribution in [-0.4, -0.2) is 42.6 Å². The molecule has 0 aliphatic heterocycles. The molecule has 0 atom stereocenters. The number of rotatable bonds is 4. The smallest absolute Gasteiger partial charge is 0.323 e. The number of hydrogen-bond acceptors (Lipinski definition) is 2. The van der Waals surface area contributed by atoms with Gasteiger partial charge in [-0.1, -0.05) is 18.2 Å². The van der Waals surface area contributed by atoms with Gasteiger partial charge in [-0.15, -0.1) is 0 Å². The van der Waals surface area contributed by atoms with E-state index in [1.54, 1.807) is 14.1 Å². The van der Waals surface area contributed by atoms with E-state index in [0.29, 0.717) is 0 Å². The van der Waals surface area contributed by atoms with Gasteiger partial charge < -0.3 is 10.0 Å². The van der Waals surface area contributed by atoms with Gasteiger partial charge in [0, 0.05) is 26.3 Å². The second kappa shape index (κ2) is 6.05. The molecule has 2 amide bonds. The Morgan fingerprint density at radius 3 is 2.33 bits per heavy atom. The predicted octanol–water partition coefficient (Wildman–Crippen LogP) is 1.96. The standard InChI is InChI=1S/C13H18N2O3/c1-10-6-4-5-7-11(10)15(9-8-12(16)17)13(18)14(2)3/h4-7H,8-9H2,1-3H3,(H,16,17). The molecule has 1 aromatic carbocycles. The molecular weight excluding hydrogens is 232 g/mol. The van der Waals surface area contributed by atoms with Gasteiger partial charge in [-0.2, -0.15) is 0 Å². The molecule has 18 heavy (non-hydrogen) atoms. The number of benzene rings is 1. The summed E-state index contributed by atoms with van der Waals surface area (Å²) in [5.41, 5.74) is 1.69. The van der Waals surface area contributed by atoms with Crippen LogP contribution in [0.5, 0.6) is 0 Å². The highest BCUT2D eigenvalue weighted by molar-refractivity contribution is 5.93. The quantitative estimate of drug-likeness (QED) is 0.888. The molecule has 0 aliphatic carbocycles. The third-order valence-corrected chi connectivity index (χ3v) is 2.57. The molecule has 0 aromatic heterocycles. The highest BCUT2D eigenvalue weighted by atomic mass is 16.4. The number of carboxylic acids is 1. The fourth-order valence-electron chi connectivity index (χ4n) is 1.63. The van der Waals surface area contributed by atoms with Crippen LogP contribution < -0.4 is 4.90 Å². The minimum Gasteiger partial charge on any atom is -0.481 e. The van der Waals surface area contributed by atoms with E-state index in [-0.39, 0.29) is 19.0 Å². The average molecular weight is 250 g/mol. The Morgan fingerprint density at radius 2 is 1.83 bits per heavy atom. The van der Waals surface area contributed by atoms with E-state index in [0.717, 1.165) is 11.3 Å². The lowest BCUT2D eigenvalue weighted by Crippen LogP contribution is -2.40. The molecule has 0 saturated heterocycles. The van der Waals surface area contributed by atoms with Crippen LogP contribution in [0.2, 0.25) is 0 Å². The van der Waals surface area contributed by atoms with Gasteiger partial charge in [-0.25, -0.2) is 4.79 Å². The van der Waals surface area contributed by atoms with Crippen molar-refractivity contribution in [2.75, 3.05) is 25.5 Å². The van der Waals surface area contributed by atoms with Gasteiger partial charge >= 0.3 is 12.0 Å². The van der Waals surface area contributed by atoms with E-state index in [2.05, 4.69) is 0 Å². The summed E-state index contributed by atoms with van der Waals surface area (Å²) in [5, 5.41) is 8.75. The summed E-state index contributed by atoms with van der Waals surface area (Å²) < 4.78 is 0. The Kier molecular flexibility index (Phi) is 4.71. The molecule has 98 valence electrons. The minimum atomic E-state index is -0.917. The van der Waals surface area contributed by atoms with Crippen LogP contribution in [-0.2, 0) is 4.79 Å².